The molecule has 0 aromatic heterocycles. The van der Waals surface area contributed by atoms with E-state index >= 15 is 0 Å². The molecule has 0 rings (SSSR count). The summed E-state index contributed by atoms with van der Waals surface area (Å²) >= 11 is 0. The van der Waals surface area contributed by atoms with Crippen LogP contribution in [0, 0.1) is 0 Å². The molecule has 0 aliphatic carbocycles. The van der Waals surface area contributed by atoms with E-state index in [2.05, 4.69) is 55.6 Å². The standard InChI is InChI=1S/C57H109N2O6P/c1-6-8-10-12-14-16-18-20-22-24-25-26-27-28-29-30-31-32-33-35-37-39-41-43-45-47-49-51-57(61)58-55(54-65-66(62,63)64-53-52-59(3,4)5)56(60)50-48-46-44-42-40-38-36-34-23-21-19-17-15-13-11-9-7-2/h18,20,24-25,27-28,48,50,55-56,60H,6-17,19,21-23,26,29-47,49,51-54H2,1-5H3,(H-,58,61,62,63)/b20-18-,25-24-,28-27-,50-48+. The Morgan fingerprint density at radius 2 is 0.879 bits per heavy atom. The van der Waals surface area contributed by atoms with Crippen LogP contribution >= 0.6 is 7.82 Å². The average Bonchev–Trinajstić information content (AvgIpc) is 3.28. The molecule has 3 unspecified atom stereocenters. The number of quaternary nitrogens is 1. The van der Waals surface area contributed by atoms with Crippen LogP contribution in [0.15, 0.2) is 48.6 Å². The molecule has 0 aliphatic rings. The van der Waals surface area contributed by atoms with Gasteiger partial charge in [-0.2, -0.15) is 0 Å². The molecule has 0 radical (unpaired) electrons. The Labute approximate surface area is 409 Å². The zero-order valence-electron chi connectivity index (χ0n) is 44.1. The molecule has 9 heteroatoms. The third-order valence-corrected chi connectivity index (χ3v) is 13.5. The van der Waals surface area contributed by atoms with Gasteiger partial charge in [-0.3, -0.25) is 9.36 Å². The number of unbranched alkanes of at least 4 members (excludes halogenated alkanes) is 32. The first-order valence-corrected chi connectivity index (χ1v) is 29.5. The maximum absolute atomic E-state index is 13.0. The van der Waals surface area contributed by atoms with Crippen molar-refractivity contribution in [1.29, 1.82) is 0 Å². The van der Waals surface area contributed by atoms with Gasteiger partial charge in [-0.15, -0.1) is 0 Å². The fourth-order valence-electron chi connectivity index (χ4n) is 8.10. The van der Waals surface area contributed by atoms with Gasteiger partial charge < -0.3 is 28.8 Å². The second-order valence-corrected chi connectivity index (χ2v) is 21.7. The number of hydrogen-bond acceptors (Lipinski definition) is 6. The number of allylic oxidation sites excluding steroid dienone is 7. The van der Waals surface area contributed by atoms with Crippen molar-refractivity contribution in [3.8, 4) is 0 Å². The van der Waals surface area contributed by atoms with Crippen LogP contribution in [-0.4, -0.2) is 68.5 Å². The number of nitrogens with one attached hydrogen (secondary N) is 1. The number of phosphoric acid groups is 1. The molecular weight excluding hydrogens is 840 g/mol. The molecule has 8 nitrogen and oxygen atoms in total. The van der Waals surface area contributed by atoms with Gasteiger partial charge in [-0.25, -0.2) is 0 Å². The van der Waals surface area contributed by atoms with Gasteiger partial charge in [0.15, 0.2) is 0 Å². The molecule has 388 valence electrons. The largest absolute Gasteiger partial charge is 0.756 e. The monoisotopic (exact) mass is 949 g/mol. The first-order chi connectivity index (χ1) is 32.0. The molecule has 3 atom stereocenters. The number of carbonyl (C=O) groups excluding carboxylic acids is 1. The molecule has 0 aliphatic heterocycles. The van der Waals surface area contributed by atoms with Gasteiger partial charge in [0, 0.05) is 6.42 Å². The normalized spacial score (nSPS) is 14.3. The number of hydrogen-bond donors (Lipinski definition) is 2. The molecule has 0 saturated carbocycles. The van der Waals surface area contributed by atoms with E-state index in [1.165, 1.54) is 186 Å². The molecule has 0 spiro atoms. The molecular formula is C57H109N2O6P. The Kier molecular flexibility index (Phi) is 47.4. The van der Waals surface area contributed by atoms with Crippen LogP contribution in [0.2, 0.25) is 0 Å². The van der Waals surface area contributed by atoms with E-state index < -0.39 is 20.0 Å². The number of likely N-dealkylation sites (N-methyl/N-ethyl adjacent to an activating group) is 1. The molecule has 0 fully saturated rings. The number of phosphoric ester groups is 1. The van der Waals surface area contributed by atoms with Crippen LogP contribution in [0.1, 0.15) is 258 Å². The Hall–Kier alpha value is -1.54. The van der Waals surface area contributed by atoms with Crippen molar-refractivity contribution < 1.29 is 32.9 Å². The zero-order valence-corrected chi connectivity index (χ0v) is 45.0. The third-order valence-electron chi connectivity index (χ3n) is 12.5. The van der Waals surface area contributed by atoms with Gasteiger partial charge in [0.2, 0.25) is 5.91 Å². The van der Waals surface area contributed by atoms with E-state index in [0.29, 0.717) is 17.4 Å². The first kappa shape index (κ1) is 64.5. The fraction of sp³-hybridized carbons (Fsp3) is 0.842. The van der Waals surface area contributed by atoms with Gasteiger partial charge in [0.1, 0.15) is 13.2 Å². The maximum Gasteiger partial charge on any atom is 0.268 e. The van der Waals surface area contributed by atoms with E-state index in [1.54, 1.807) is 6.08 Å². The van der Waals surface area contributed by atoms with Crippen molar-refractivity contribution in [3.63, 3.8) is 0 Å². The minimum Gasteiger partial charge on any atom is -0.756 e. The summed E-state index contributed by atoms with van der Waals surface area (Å²) in [6, 6.07) is -0.888. The van der Waals surface area contributed by atoms with Gasteiger partial charge >= 0.3 is 0 Å². The van der Waals surface area contributed by atoms with E-state index in [-0.39, 0.29) is 19.1 Å². The summed E-state index contributed by atoms with van der Waals surface area (Å²) in [5.41, 5.74) is 0. The van der Waals surface area contributed by atoms with Gasteiger partial charge in [0.05, 0.1) is 39.9 Å². The van der Waals surface area contributed by atoms with Crippen molar-refractivity contribution >= 4 is 13.7 Å². The molecule has 0 aromatic rings. The van der Waals surface area contributed by atoms with Gasteiger partial charge in [-0.05, 0) is 57.8 Å². The minimum atomic E-state index is -4.60. The molecule has 0 heterocycles. The Morgan fingerprint density at radius 1 is 0.530 bits per heavy atom. The van der Waals surface area contributed by atoms with Crippen LogP contribution in [0.25, 0.3) is 0 Å². The lowest BCUT2D eigenvalue weighted by Gasteiger charge is -2.29. The SMILES string of the molecule is CCCCCCC/C=C\C/C=C\C/C=C\CCCCCCCCCCCCCCC(=O)NC(COP(=O)([O-])OCC[N+](C)(C)C)C(O)/C=C/CCCCCCCCCCCCCCCCC. The van der Waals surface area contributed by atoms with Crippen LogP contribution in [0.4, 0.5) is 0 Å². The lowest BCUT2D eigenvalue weighted by atomic mass is 10.0. The van der Waals surface area contributed by atoms with Crippen molar-refractivity contribution in [2.75, 3.05) is 40.9 Å². The highest BCUT2D eigenvalue weighted by atomic mass is 31.2. The number of nitrogens with zero attached hydrogens (tertiary/aromatic N) is 1. The molecule has 1 amide bonds. The number of carbonyl (C=O) groups is 1. The number of aliphatic hydroxyl groups excluding tert-OH is 1. The second kappa shape index (κ2) is 48.5. The third kappa shape index (κ3) is 50.3. The summed E-state index contributed by atoms with van der Waals surface area (Å²) in [6.45, 7) is 4.65. The highest BCUT2D eigenvalue weighted by Gasteiger charge is 2.23. The van der Waals surface area contributed by atoms with Crippen molar-refractivity contribution in [2.24, 2.45) is 0 Å². The van der Waals surface area contributed by atoms with Crippen LogP contribution in [0.5, 0.6) is 0 Å². The summed E-state index contributed by atoms with van der Waals surface area (Å²) < 4.78 is 23.3. The maximum atomic E-state index is 13.0. The van der Waals surface area contributed by atoms with E-state index in [0.717, 1.165) is 51.4 Å². The Morgan fingerprint density at radius 3 is 1.27 bits per heavy atom. The Bertz CT molecular complexity index is 1210. The van der Waals surface area contributed by atoms with Gasteiger partial charge in [-0.1, -0.05) is 242 Å². The smallest absolute Gasteiger partial charge is 0.268 e. The zero-order chi connectivity index (χ0) is 48.5. The van der Waals surface area contributed by atoms with Crippen molar-refractivity contribution in [2.45, 2.75) is 270 Å². The lowest BCUT2D eigenvalue weighted by molar-refractivity contribution is -0.870. The number of amides is 1. The van der Waals surface area contributed by atoms with E-state index in [1.807, 2.05) is 27.2 Å². The lowest BCUT2D eigenvalue weighted by Crippen LogP contribution is -2.45. The predicted octanol–water partition coefficient (Wildman–Crippen LogP) is 16.1. The Balaban J connectivity index is 4.20. The number of aliphatic hydroxyl groups is 1. The highest BCUT2D eigenvalue weighted by molar-refractivity contribution is 7.45. The fourth-order valence-corrected chi connectivity index (χ4v) is 8.83. The second-order valence-electron chi connectivity index (χ2n) is 20.3. The van der Waals surface area contributed by atoms with Crippen molar-refractivity contribution in [1.82, 2.24) is 5.32 Å². The average molecular weight is 949 g/mol. The quantitative estimate of drug-likeness (QED) is 0.0272. The van der Waals surface area contributed by atoms with Crippen LogP contribution in [0.3, 0.4) is 0 Å². The van der Waals surface area contributed by atoms with E-state index in [9.17, 15) is 19.4 Å². The molecule has 66 heavy (non-hydrogen) atoms. The predicted molar refractivity (Wildman–Crippen MR) is 284 cm³/mol. The highest BCUT2D eigenvalue weighted by Crippen LogP contribution is 2.38. The number of rotatable bonds is 51. The summed E-state index contributed by atoms with van der Waals surface area (Å²) in [5, 5.41) is 13.9. The molecule has 0 bridgehead atoms. The van der Waals surface area contributed by atoms with Gasteiger partial charge in [0.25, 0.3) is 7.82 Å². The first-order valence-electron chi connectivity index (χ1n) is 28.0. The summed E-state index contributed by atoms with van der Waals surface area (Å²) in [4.78, 5) is 25.5. The topological polar surface area (TPSA) is 108 Å². The van der Waals surface area contributed by atoms with Crippen molar-refractivity contribution in [3.05, 3.63) is 48.6 Å². The minimum absolute atomic E-state index is 0.00176. The molecule has 0 saturated heterocycles. The summed E-state index contributed by atoms with van der Waals surface area (Å²) in [5.74, 6) is -0.198. The van der Waals surface area contributed by atoms with Crippen LogP contribution < -0.4 is 10.2 Å². The molecule has 0 aromatic carbocycles. The van der Waals surface area contributed by atoms with Crippen LogP contribution in [-0.2, 0) is 18.4 Å². The molecule has 2 N–H and O–H groups in total. The van der Waals surface area contributed by atoms with E-state index in [4.69, 9.17) is 9.05 Å². The summed E-state index contributed by atoms with van der Waals surface area (Å²) in [7, 11) is 1.26. The summed E-state index contributed by atoms with van der Waals surface area (Å²) in [6.07, 6.45) is 63.1.